The van der Waals surface area contributed by atoms with E-state index in [-0.39, 0.29) is 0 Å². The van der Waals surface area contributed by atoms with E-state index in [0.717, 1.165) is 0 Å². The maximum atomic E-state index is 11.8. The maximum Gasteiger partial charge on any atom is 0.257 e. The van der Waals surface area contributed by atoms with Crippen molar-refractivity contribution in [2.75, 3.05) is 5.32 Å². The van der Waals surface area contributed by atoms with E-state index in [4.69, 9.17) is 0 Å². The first kappa shape index (κ1) is 11.4. The second-order valence-electron chi connectivity index (χ2n) is 3.67. The summed E-state index contributed by atoms with van der Waals surface area (Å²) in [5, 5.41) is 12.5. The molecule has 0 aliphatic heterocycles. The quantitative estimate of drug-likeness (QED) is 0.845. The number of carbonyl (C=O) groups is 1. The van der Waals surface area contributed by atoms with Gasteiger partial charge in [-0.2, -0.15) is 0 Å². The van der Waals surface area contributed by atoms with Crippen molar-refractivity contribution in [2.24, 2.45) is 0 Å². The lowest BCUT2D eigenvalue weighted by atomic mass is 10.1. The number of para-hydroxylation sites is 1. The Balaban J connectivity index is 2.06. The number of rotatable bonds is 3. The fourth-order valence-electron chi connectivity index (χ4n) is 1.52. The summed E-state index contributed by atoms with van der Waals surface area (Å²) in [5.41, 5.74) is 1.26. The summed E-state index contributed by atoms with van der Waals surface area (Å²) in [6.45, 7) is 0. The van der Waals surface area contributed by atoms with Gasteiger partial charge in [0, 0.05) is 5.69 Å². The number of hydrogen-bond acceptors (Lipinski definition) is 2. The van der Waals surface area contributed by atoms with Crippen molar-refractivity contribution in [3.05, 3.63) is 66.2 Å². The number of hydrogen-bond donors (Lipinski definition) is 2. The van der Waals surface area contributed by atoms with Crippen LogP contribution in [0, 0.1) is 0 Å². The number of amides is 1. The Morgan fingerprint density at radius 2 is 1.47 bits per heavy atom. The molecular weight excluding hydrogens is 214 g/mol. The van der Waals surface area contributed by atoms with Crippen LogP contribution in [0.25, 0.3) is 0 Å². The van der Waals surface area contributed by atoms with Gasteiger partial charge in [0.2, 0.25) is 0 Å². The smallest absolute Gasteiger partial charge is 0.257 e. The number of nitrogens with one attached hydrogen (secondary N) is 1. The Labute approximate surface area is 99.7 Å². The van der Waals surface area contributed by atoms with E-state index in [0.29, 0.717) is 11.3 Å². The summed E-state index contributed by atoms with van der Waals surface area (Å²) in [6.07, 6.45) is -1.14. The van der Waals surface area contributed by atoms with Crippen LogP contribution in [0.1, 0.15) is 11.7 Å². The van der Waals surface area contributed by atoms with Crippen molar-refractivity contribution in [1.82, 2.24) is 0 Å². The van der Waals surface area contributed by atoms with E-state index < -0.39 is 12.0 Å². The SMILES string of the molecule is O=C(Nc1ccccc1)[C@H](O)c1ccccc1. The van der Waals surface area contributed by atoms with Gasteiger partial charge in [-0.05, 0) is 17.7 Å². The first-order valence-corrected chi connectivity index (χ1v) is 5.36. The minimum absolute atomic E-state index is 0.428. The molecule has 0 spiro atoms. The third kappa shape index (κ3) is 2.92. The molecule has 86 valence electrons. The highest BCUT2D eigenvalue weighted by Crippen LogP contribution is 2.15. The molecule has 17 heavy (non-hydrogen) atoms. The number of benzene rings is 2. The van der Waals surface area contributed by atoms with E-state index in [9.17, 15) is 9.90 Å². The molecule has 3 nitrogen and oxygen atoms in total. The van der Waals surface area contributed by atoms with E-state index in [1.54, 1.807) is 36.4 Å². The van der Waals surface area contributed by atoms with Gasteiger partial charge in [0.05, 0.1) is 0 Å². The molecule has 0 heterocycles. The monoisotopic (exact) mass is 227 g/mol. The van der Waals surface area contributed by atoms with Crippen molar-refractivity contribution in [1.29, 1.82) is 0 Å². The van der Waals surface area contributed by atoms with Crippen LogP contribution in [0.2, 0.25) is 0 Å². The van der Waals surface area contributed by atoms with Gasteiger partial charge in [-0.3, -0.25) is 4.79 Å². The van der Waals surface area contributed by atoms with Gasteiger partial charge in [-0.25, -0.2) is 0 Å². The summed E-state index contributed by atoms with van der Waals surface area (Å²) < 4.78 is 0. The molecule has 2 N–H and O–H groups in total. The Morgan fingerprint density at radius 1 is 0.941 bits per heavy atom. The summed E-state index contributed by atoms with van der Waals surface area (Å²) >= 11 is 0. The molecule has 0 aliphatic carbocycles. The minimum atomic E-state index is -1.14. The van der Waals surface area contributed by atoms with Crippen LogP contribution >= 0.6 is 0 Å². The second-order valence-corrected chi connectivity index (χ2v) is 3.67. The van der Waals surface area contributed by atoms with Crippen LogP contribution in [-0.2, 0) is 4.79 Å². The summed E-state index contributed by atoms with van der Waals surface area (Å²) in [5.74, 6) is -0.428. The molecule has 1 atom stereocenters. The molecule has 0 saturated carbocycles. The Bertz CT molecular complexity index is 482. The van der Waals surface area contributed by atoms with Gasteiger partial charge >= 0.3 is 0 Å². The lowest BCUT2D eigenvalue weighted by molar-refractivity contribution is -0.124. The summed E-state index contributed by atoms with van der Waals surface area (Å²) in [7, 11) is 0. The molecule has 2 aromatic rings. The van der Waals surface area contributed by atoms with Gasteiger partial charge in [0.25, 0.3) is 5.91 Å². The van der Waals surface area contributed by atoms with Gasteiger partial charge < -0.3 is 10.4 Å². The highest BCUT2D eigenvalue weighted by molar-refractivity contribution is 5.94. The topological polar surface area (TPSA) is 49.3 Å². The maximum absolute atomic E-state index is 11.8. The predicted octanol–water partition coefficient (Wildman–Crippen LogP) is 2.36. The first-order valence-electron chi connectivity index (χ1n) is 5.36. The molecule has 3 heteroatoms. The largest absolute Gasteiger partial charge is 0.378 e. The number of carbonyl (C=O) groups excluding carboxylic acids is 1. The Hall–Kier alpha value is -2.13. The van der Waals surface area contributed by atoms with Crippen LogP contribution in [0.5, 0.6) is 0 Å². The molecule has 0 fully saturated rings. The molecule has 0 aliphatic rings. The third-order valence-corrected chi connectivity index (χ3v) is 2.40. The summed E-state index contributed by atoms with van der Waals surface area (Å²) in [6, 6.07) is 17.9. The average Bonchev–Trinajstić information content (AvgIpc) is 2.40. The zero-order chi connectivity index (χ0) is 12.1. The predicted molar refractivity (Wildman–Crippen MR) is 66.5 cm³/mol. The highest BCUT2D eigenvalue weighted by Gasteiger charge is 2.16. The molecule has 0 aromatic heterocycles. The second kappa shape index (κ2) is 5.27. The number of aliphatic hydroxyl groups excluding tert-OH is 1. The molecule has 0 saturated heterocycles. The molecule has 0 radical (unpaired) electrons. The summed E-state index contributed by atoms with van der Waals surface area (Å²) in [4.78, 5) is 11.8. The highest BCUT2D eigenvalue weighted by atomic mass is 16.3. The van der Waals surface area contributed by atoms with Crippen molar-refractivity contribution in [2.45, 2.75) is 6.10 Å². The molecule has 1 amide bonds. The fourth-order valence-corrected chi connectivity index (χ4v) is 1.52. The molecule has 2 aromatic carbocycles. The molecule has 0 bridgehead atoms. The van der Waals surface area contributed by atoms with Crippen LogP contribution in [0.3, 0.4) is 0 Å². The van der Waals surface area contributed by atoms with E-state index in [2.05, 4.69) is 5.32 Å². The lowest BCUT2D eigenvalue weighted by Crippen LogP contribution is -2.20. The van der Waals surface area contributed by atoms with Crippen LogP contribution in [0.15, 0.2) is 60.7 Å². The van der Waals surface area contributed by atoms with Gasteiger partial charge in [0.1, 0.15) is 0 Å². The zero-order valence-corrected chi connectivity index (χ0v) is 9.21. The average molecular weight is 227 g/mol. The Kier molecular flexibility index (Phi) is 3.52. The molecular formula is C14H13NO2. The van der Waals surface area contributed by atoms with Crippen LogP contribution in [-0.4, -0.2) is 11.0 Å². The normalized spacial score (nSPS) is 11.8. The molecule has 0 unspecified atom stereocenters. The van der Waals surface area contributed by atoms with E-state index in [1.807, 2.05) is 24.3 Å². The van der Waals surface area contributed by atoms with Gasteiger partial charge in [-0.15, -0.1) is 0 Å². The molecule has 2 rings (SSSR count). The van der Waals surface area contributed by atoms with Crippen LogP contribution in [0.4, 0.5) is 5.69 Å². The standard InChI is InChI=1S/C14H13NO2/c16-13(11-7-3-1-4-8-11)14(17)15-12-9-5-2-6-10-12/h1-10,13,16H,(H,15,17)/t13-/m1/s1. The van der Waals surface area contributed by atoms with Crippen molar-refractivity contribution >= 4 is 11.6 Å². The fraction of sp³-hybridized carbons (Fsp3) is 0.0714. The third-order valence-electron chi connectivity index (χ3n) is 2.40. The lowest BCUT2D eigenvalue weighted by Gasteiger charge is -2.11. The van der Waals surface area contributed by atoms with Crippen LogP contribution < -0.4 is 5.32 Å². The van der Waals surface area contributed by atoms with E-state index in [1.165, 1.54) is 0 Å². The van der Waals surface area contributed by atoms with Crippen molar-refractivity contribution in [3.8, 4) is 0 Å². The zero-order valence-electron chi connectivity index (χ0n) is 9.21. The number of aliphatic hydroxyl groups is 1. The first-order chi connectivity index (χ1) is 8.27. The van der Waals surface area contributed by atoms with E-state index >= 15 is 0 Å². The van der Waals surface area contributed by atoms with Crippen molar-refractivity contribution in [3.63, 3.8) is 0 Å². The van der Waals surface area contributed by atoms with Crippen molar-refractivity contribution < 1.29 is 9.90 Å². The van der Waals surface area contributed by atoms with Gasteiger partial charge in [0.15, 0.2) is 6.10 Å². The minimum Gasteiger partial charge on any atom is -0.378 e. The Morgan fingerprint density at radius 3 is 2.06 bits per heavy atom. The van der Waals surface area contributed by atoms with Gasteiger partial charge in [-0.1, -0.05) is 48.5 Å². The number of anilines is 1.